The molecule has 0 aromatic heterocycles. The van der Waals surface area contributed by atoms with Crippen molar-refractivity contribution < 1.29 is 9.47 Å². The van der Waals surface area contributed by atoms with Crippen LogP contribution in [0.3, 0.4) is 0 Å². The van der Waals surface area contributed by atoms with Crippen molar-refractivity contribution in [2.45, 2.75) is 27.2 Å². The van der Waals surface area contributed by atoms with Crippen LogP contribution in [0.15, 0.2) is 9.98 Å². The van der Waals surface area contributed by atoms with E-state index < -0.39 is 0 Å². The molecule has 0 aromatic carbocycles. The van der Waals surface area contributed by atoms with Gasteiger partial charge >= 0.3 is 0 Å². The van der Waals surface area contributed by atoms with Gasteiger partial charge in [-0.15, -0.1) is 0 Å². The number of aliphatic imine (C=N–C) groups is 2. The van der Waals surface area contributed by atoms with Gasteiger partial charge in [-0.3, -0.25) is 9.98 Å². The highest BCUT2D eigenvalue weighted by Gasteiger charge is 2.09. The molecule has 0 spiro atoms. The lowest BCUT2D eigenvalue weighted by Crippen LogP contribution is -2.06. The van der Waals surface area contributed by atoms with E-state index in [2.05, 4.69) is 23.8 Å². The fourth-order valence-electron chi connectivity index (χ4n) is 1.29. The molecule has 4 nitrogen and oxygen atoms in total. The van der Waals surface area contributed by atoms with E-state index in [4.69, 9.17) is 9.47 Å². The van der Waals surface area contributed by atoms with Gasteiger partial charge in [0.25, 0.3) is 0 Å². The first-order valence-corrected chi connectivity index (χ1v) is 5.57. The van der Waals surface area contributed by atoms with Gasteiger partial charge in [0.05, 0.1) is 13.1 Å². The molecule has 0 fully saturated rings. The van der Waals surface area contributed by atoms with Crippen molar-refractivity contribution in [1.29, 1.82) is 0 Å². The summed E-state index contributed by atoms with van der Waals surface area (Å²) in [6, 6.07) is 0. The second-order valence-corrected chi connectivity index (χ2v) is 3.70. The SMILES string of the molecule is CC(C)C1=NCCO1.CCC1=NCCO1. The van der Waals surface area contributed by atoms with Crippen molar-refractivity contribution in [2.75, 3.05) is 26.3 Å². The van der Waals surface area contributed by atoms with Gasteiger partial charge < -0.3 is 9.47 Å². The van der Waals surface area contributed by atoms with Crippen LogP contribution in [0.2, 0.25) is 0 Å². The van der Waals surface area contributed by atoms with E-state index in [9.17, 15) is 0 Å². The Hall–Kier alpha value is -1.06. The van der Waals surface area contributed by atoms with Crippen LogP contribution >= 0.6 is 0 Å². The van der Waals surface area contributed by atoms with E-state index in [1.165, 1.54) is 0 Å². The summed E-state index contributed by atoms with van der Waals surface area (Å²) in [5.41, 5.74) is 0. The minimum Gasteiger partial charge on any atom is -0.479 e. The van der Waals surface area contributed by atoms with Crippen molar-refractivity contribution >= 4 is 11.8 Å². The summed E-state index contributed by atoms with van der Waals surface area (Å²) in [4.78, 5) is 8.18. The van der Waals surface area contributed by atoms with Crippen LogP contribution < -0.4 is 0 Å². The first kappa shape index (κ1) is 12.0. The Morgan fingerprint density at radius 3 is 2.07 bits per heavy atom. The lowest BCUT2D eigenvalue weighted by Gasteiger charge is -2.01. The Balaban J connectivity index is 0.000000151. The van der Waals surface area contributed by atoms with E-state index >= 15 is 0 Å². The molecule has 2 heterocycles. The molecule has 4 heteroatoms. The van der Waals surface area contributed by atoms with Gasteiger partial charge in [-0.05, 0) is 0 Å². The first-order valence-electron chi connectivity index (χ1n) is 5.57. The minimum atomic E-state index is 0.470. The molecule has 0 N–H and O–H groups in total. The smallest absolute Gasteiger partial charge is 0.186 e. The second-order valence-electron chi connectivity index (χ2n) is 3.70. The molecule has 0 radical (unpaired) electrons. The summed E-state index contributed by atoms with van der Waals surface area (Å²) >= 11 is 0. The molecule has 2 rings (SSSR count). The lowest BCUT2D eigenvalue weighted by atomic mass is 10.2. The zero-order valence-corrected chi connectivity index (χ0v) is 9.82. The Morgan fingerprint density at radius 2 is 1.80 bits per heavy atom. The predicted molar refractivity (Wildman–Crippen MR) is 61.6 cm³/mol. The molecule has 0 bridgehead atoms. The molecular formula is C11H20N2O2. The highest BCUT2D eigenvalue weighted by molar-refractivity contribution is 5.79. The molecule has 15 heavy (non-hydrogen) atoms. The third kappa shape index (κ3) is 4.32. The monoisotopic (exact) mass is 212 g/mol. The number of rotatable bonds is 2. The number of ether oxygens (including phenoxy) is 2. The highest BCUT2D eigenvalue weighted by Crippen LogP contribution is 2.03. The quantitative estimate of drug-likeness (QED) is 0.701. The van der Waals surface area contributed by atoms with Crippen molar-refractivity contribution in [3.8, 4) is 0 Å². The summed E-state index contributed by atoms with van der Waals surface area (Å²) in [6.45, 7) is 9.52. The first-order chi connectivity index (χ1) is 7.24. The van der Waals surface area contributed by atoms with Crippen LogP contribution in [0.5, 0.6) is 0 Å². The average Bonchev–Trinajstić information content (AvgIpc) is 2.92. The summed E-state index contributed by atoms with van der Waals surface area (Å²) in [5.74, 6) is 2.31. The minimum absolute atomic E-state index is 0.470. The zero-order chi connectivity index (χ0) is 11.1. The molecule has 0 aromatic rings. The molecule has 0 amide bonds. The van der Waals surface area contributed by atoms with E-state index in [0.29, 0.717) is 5.92 Å². The molecule has 86 valence electrons. The summed E-state index contributed by atoms with van der Waals surface area (Å²) in [6.07, 6.45) is 0.944. The molecule has 0 saturated carbocycles. The van der Waals surface area contributed by atoms with Gasteiger partial charge in [0.15, 0.2) is 11.8 Å². The highest BCUT2D eigenvalue weighted by atomic mass is 16.5. The average molecular weight is 212 g/mol. The standard InChI is InChI=1S/C6H11NO.C5H9NO/c1-5(2)6-7-3-4-8-6;1-2-5-6-3-4-7-5/h5H,3-4H2,1-2H3;2-4H2,1H3. The fourth-order valence-corrected chi connectivity index (χ4v) is 1.29. The number of hydrogen-bond acceptors (Lipinski definition) is 4. The Morgan fingerprint density at radius 1 is 1.13 bits per heavy atom. The molecule has 0 unspecified atom stereocenters. The third-order valence-electron chi connectivity index (χ3n) is 2.05. The largest absolute Gasteiger partial charge is 0.479 e. The van der Waals surface area contributed by atoms with Crippen LogP contribution in [0.1, 0.15) is 27.2 Å². The Bertz CT molecular complexity index is 247. The Labute approximate surface area is 91.4 Å². The molecule has 0 saturated heterocycles. The normalized spacial score (nSPS) is 18.7. The molecular weight excluding hydrogens is 192 g/mol. The molecule has 0 aliphatic carbocycles. The van der Waals surface area contributed by atoms with Gasteiger partial charge in [-0.1, -0.05) is 20.8 Å². The van der Waals surface area contributed by atoms with Crippen molar-refractivity contribution in [2.24, 2.45) is 15.9 Å². The maximum Gasteiger partial charge on any atom is 0.186 e. The van der Waals surface area contributed by atoms with Crippen LogP contribution in [-0.2, 0) is 9.47 Å². The van der Waals surface area contributed by atoms with Crippen LogP contribution in [0.25, 0.3) is 0 Å². The number of hydrogen-bond donors (Lipinski definition) is 0. The number of nitrogens with zero attached hydrogens (tertiary/aromatic N) is 2. The topological polar surface area (TPSA) is 43.2 Å². The van der Waals surface area contributed by atoms with Crippen molar-refractivity contribution in [3.63, 3.8) is 0 Å². The van der Waals surface area contributed by atoms with E-state index in [-0.39, 0.29) is 0 Å². The fraction of sp³-hybridized carbons (Fsp3) is 0.818. The van der Waals surface area contributed by atoms with Crippen molar-refractivity contribution in [1.82, 2.24) is 0 Å². The Kier molecular flexibility index (Phi) is 5.15. The van der Waals surface area contributed by atoms with Crippen LogP contribution in [0.4, 0.5) is 0 Å². The zero-order valence-electron chi connectivity index (χ0n) is 9.82. The second kappa shape index (κ2) is 6.43. The lowest BCUT2D eigenvalue weighted by molar-refractivity contribution is 0.328. The van der Waals surface area contributed by atoms with Gasteiger partial charge in [0.1, 0.15) is 13.2 Å². The third-order valence-corrected chi connectivity index (χ3v) is 2.05. The van der Waals surface area contributed by atoms with E-state index in [0.717, 1.165) is 44.5 Å². The summed E-state index contributed by atoms with van der Waals surface area (Å²) in [5, 5.41) is 0. The van der Waals surface area contributed by atoms with Gasteiger partial charge in [-0.2, -0.15) is 0 Å². The van der Waals surface area contributed by atoms with Gasteiger partial charge in [0.2, 0.25) is 0 Å². The maximum atomic E-state index is 5.16. The van der Waals surface area contributed by atoms with Crippen molar-refractivity contribution in [3.05, 3.63) is 0 Å². The van der Waals surface area contributed by atoms with Crippen LogP contribution in [0, 0.1) is 5.92 Å². The van der Waals surface area contributed by atoms with E-state index in [1.807, 2.05) is 6.92 Å². The van der Waals surface area contributed by atoms with Gasteiger partial charge in [-0.25, -0.2) is 0 Å². The predicted octanol–water partition coefficient (Wildman–Crippen LogP) is 1.90. The van der Waals surface area contributed by atoms with Gasteiger partial charge in [0, 0.05) is 12.3 Å². The molecule has 0 atom stereocenters. The van der Waals surface area contributed by atoms with E-state index in [1.54, 1.807) is 0 Å². The maximum absolute atomic E-state index is 5.16. The summed E-state index contributed by atoms with van der Waals surface area (Å²) in [7, 11) is 0. The summed E-state index contributed by atoms with van der Waals surface area (Å²) < 4.78 is 10.2. The molecule has 2 aliphatic heterocycles. The molecule has 2 aliphatic rings. The van der Waals surface area contributed by atoms with Crippen LogP contribution in [-0.4, -0.2) is 38.1 Å².